The van der Waals surface area contributed by atoms with Crippen LogP contribution in [0.1, 0.15) is 49.6 Å². The first-order chi connectivity index (χ1) is 8.00. The monoisotopic (exact) mass is 235 g/mol. The molecule has 0 unspecified atom stereocenters. The molecule has 0 bridgehead atoms. The maximum atomic E-state index is 12.4. The number of hydrogen-bond donors (Lipinski definition) is 1. The first kappa shape index (κ1) is 12.0. The first-order valence-electron chi connectivity index (χ1n) is 6.25. The Hall–Kier alpha value is -1.45. The highest BCUT2D eigenvalue weighted by Gasteiger charge is 2.28. The smallest absolute Gasteiger partial charge is 0.270 e. The molecule has 0 atom stereocenters. The minimum absolute atomic E-state index is 0.0834. The Kier molecular flexibility index (Phi) is 3.13. The molecule has 94 valence electrons. The lowest BCUT2D eigenvalue weighted by atomic mass is 9.92. The van der Waals surface area contributed by atoms with Crippen molar-refractivity contribution < 1.29 is 4.79 Å². The molecule has 1 aromatic heterocycles. The molecule has 1 aliphatic rings. The van der Waals surface area contributed by atoms with Crippen LogP contribution in [-0.2, 0) is 0 Å². The first-order valence-corrected chi connectivity index (χ1v) is 6.25. The summed E-state index contributed by atoms with van der Waals surface area (Å²) in [6, 6.07) is 2.44. The lowest BCUT2D eigenvalue weighted by molar-refractivity contribution is 0.0639. The van der Waals surface area contributed by atoms with E-state index < -0.39 is 0 Å². The van der Waals surface area contributed by atoms with Gasteiger partial charge >= 0.3 is 0 Å². The van der Waals surface area contributed by atoms with E-state index in [2.05, 4.69) is 13.8 Å². The van der Waals surface area contributed by atoms with E-state index in [-0.39, 0.29) is 11.9 Å². The summed E-state index contributed by atoms with van der Waals surface area (Å²) < 4.78 is 1.95. The third-order valence-corrected chi connectivity index (χ3v) is 3.59. The van der Waals surface area contributed by atoms with Gasteiger partial charge in [-0.15, -0.1) is 0 Å². The van der Waals surface area contributed by atoms with Crippen molar-refractivity contribution in [2.75, 3.05) is 12.8 Å². The average Bonchev–Trinajstić information content (AvgIpc) is 2.56. The largest absolute Gasteiger partial charge is 0.397 e. The van der Waals surface area contributed by atoms with Gasteiger partial charge in [-0.1, -0.05) is 0 Å². The second-order valence-electron chi connectivity index (χ2n) is 5.16. The van der Waals surface area contributed by atoms with Crippen molar-refractivity contribution >= 4 is 11.6 Å². The summed E-state index contributed by atoms with van der Waals surface area (Å²) >= 11 is 0. The van der Waals surface area contributed by atoms with Crippen molar-refractivity contribution in [1.82, 2.24) is 9.47 Å². The number of aromatic nitrogens is 1. The number of rotatable bonds is 3. The van der Waals surface area contributed by atoms with Crippen molar-refractivity contribution in [3.05, 3.63) is 18.0 Å². The van der Waals surface area contributed by atoms with Crippen molar-refractivity contribution in [2.24, 2.45) is 0 Å². The molecule has 2 N–H and O–H groups in total. The molecule has 2 rings (SSSR count). The summed E-state index contributed by atoms with van der Waals surface area (Å²) in [6.45, 7) is 4.11. The highest BCUT2D eigenvalue weighted by atomic mass is 16.2. The predicted octanol–water partition coefficient (Wildman–Crippen LogP) is 2.28. The van der Waals surface area contributed by atoms with Gasteiger partial charge in [0.2, 0.25) is 0 Å². The zero-order valence-corrected chi connectivity index (χ0v) is 10.8. The minimum atomic E-state index is 0.0834. The van der Waals surface area contributed by atoms with Crippen LogP contribution < -0.4 is 5.73 Å². The molecule has 1 amide bonds. The molecule has 1 aliphatic carbocycles. The molecular formula is C13H21N3O. The number of amides is 1. The van der Waals surface area contributed by atoms with Gasteiger partial charge in [0.25, 0.3) is 5.91 Å². The molecule has 0 saturated heterocycles. The summed E-state index contributed by atoms with van der Waals surface area (Å²) in [7, 11) is 1.89. The fourth-order valence-corrected chi connectivity index (χ4v) is 2.22. The van der Waals surface area contributed by atoms with Gasteiger partial charge in [0.15, 0.2) is 0 Å². The minimum Gasteiger partial charge on any atom is -0.397 e. The van der Waals surface area contributed by atoms with Gasteiger partial charge in [-0.2, -0.15) is 0 Å². The Bertz CT molecular complexity index is 418. The number of anilines is 1. The van der Waals surface area contributed by atoms with E-state index in [0.717, 1.165) is 12.8 Å². The molecule has 0 aliphatic heterocycles. The molecule has 1 aromatic rings. The zero-order chi connectivity index (χ0) is 12.6. The Labute approximate surface area is 102 Å². The van der Waals surface area contributed by atoms with Crippen LogP contribution in [0.4, 0.5) is 5.69 Å². The van der Waals surface area contributed by atoms with Crippen LogP contribution in [0.25, 0.3) is 0 Å². The molecular weight excluding hydrogens is 214 g/mol. The van der Waals surface area contributed by atoms with Gasteiger partial charge in [0.1, 0.15) is 5.69 Å². The quantitative estimate of drug-likeness (QED) is 0.873. The number of nitrogens with zero attached hydrogens (tertiary/aromatic N) is 2. The van der Waals surface area contributed by atoms with Gasteiger partial charge < -0.3 is 15.2 Å². The van der Waals surface area contributed by atoms with E-state index >= 15 is 0 Å². The van der Waals surface area contributed by atoms with E-state index in [1.807, 2.05) is 22.7 Å². The second-order valence-corrected chi connectivity index (χ2v) is 5.16. The maximum absolute atomic E-state index is 12.4. The van der Waals surface area contributed by atoms with Crippen LogP contribution in [0.5, 0.6) is 0 Å². The lowest BCUT2D eigenvalue weighted by Crippen LogP contribution is -2.42. The van der Waals surface area contributed by atoms with Crippen molar-refractivity contribution in [3.8, 4) is 0 Å². The van der Waals surface area contributed by atoms with Crippen LogP contribution in [0.2, 0.25) is 0 Å². The van der Waals surface area contributed by atoms with Gasteiger partial charge in [0.05, 0.1) is 5.69 Å². The third-order valence-electron chi connectivity index (χ3n) is 3.59. The number of carbonyl (C=O) groups is 1. The van der Waals surface area contributed by atoms with E-state index in [1.165, 1.54) is 6.42 Å². The number of nitrogen functional groups attached to an aromatic ring is 1. The molecule has 0 aromatic carbocycles. The Morgan fingerprint density at radius 3 is 2.65 bits per heavy atom. The summed E-state index contributed by atoms with van der Waals surface area (Å²) in [6.07, 6.45) is 5.32. The summed E-state index contributed by atoms with van der Waals surface area (Å²) in [5.41, 5.74) is 7.14. The topological polar surface area (TPSA) is 51.3 Å². The predicted molar refractivity (Wildman–Crippen MR) is 69.0 cm³/mol. The number of carbonyl (C=O) groups excluding carboxylic acids is 1. The van der Waals surface area contributed by atoms with E-state index in [0.29, 0.717) is 17.4 Å². The SMILES string of the molecule is CC(C)n1cc(N)cc1C(=O)N(C)C1CCC1. The average molecular weight is 235 g/mol. The van der Waals surface area contributed by atoms with Crippen LogP contribution in [0, 0.1) is 0 Å². The summed E-state index contributed by atoms with van der Waals surface area (Å²) in [5.74, 6) is 0.0834. The number of hydrogen-bond acceptors (Lipinski definition) is 2. The van der Waals surface area contributed by atoms with Crippen molar-refractivity contribution in [3.63, 3.8) is 0 Å². The lowest BCUT2D eigenvalue weighted by Gasteiger charge is -2.35. The molecule has 4 nitrogen and oxygen atoms in total. The maximum Gasteiger partial charge on any atom is 0.270 e. The van der Waals surface area contributed by atoms with Gasteiger partial charge in [0, 0.05) is 25.3 Å². The van der Waals surface area contributed by atoms with E-state index in [1.54, 1.807) is 6.07 Å². The Morgan fingerprint density at radius 2 is 2.18 bits per heavy atom. The fourth-order valence-electron chi connectivity index (χ4n) is 2.22. The van der Waals surface area contributed by atoms with Crippen molar-refractivity contribution in [2.45, 2.75) is 45.2 Å². The van der Waals surface area contributed by atoms with E-state index in [9.17, 15) is 4.79 Å². The highest BCUT2D eigenvalue weighted by molar-refractivity contribution is 5.94. The molecule has 1 saturated carbocycles. The number of nitrogens with two attached hydrogens (primary N) is 1. The van der Waals surface area contributed by atoms with Crippen LogP contribution in [-0.4, -0.2) is 28.5 Å². The van der Waals surface area contributed by atoms with Gasteiger partial charge in [-0.3, -0.25) is 4.79 Å². The summed E-state index contributed by atoms with van der Waals surface area (Å²) in [5, 5.41) is 0. The zero-order valence-electron chi connectivity index (χ0n) is 10.8. The fraction of sp³-hybridized carbons (Fsp3) is 0.615. The molecule has 1 heterocycles. The Balaban J connectivity index is 2.23. The Morgan fingerprint density at radius 1 is 1.53 bits per heavy atom. The normalized spacial score (nSPS) is 16.0. The third kappa shape index (κ3) is 2.16. The molecule has 0 radical (unpaired) electrons. The van der Waals surface area contributed by atoms with Gasteiger partial charge in [-0.25, -0.2) is 0 Å². The summed E-state index contributed by atoms with van der Waals surface area (Å²) in [4.78, 5) is 14.2. The van der Waals surface area contributed by atoms with Crippen LogP contribution in [0.3, 0.4) is 0 Å². The second kappa shape index (κ2) is 4.43. The van der Waals surface area contributed by atoms with Gasteiger partial charge in [-0.05, 0) is 39.2 Å². The highest BCUT2D eigenvalue weighted by Crippen LogP contribution is 2.26. The van der Waals surface area contributed by atoms with E-state index in [4.69, 9.17) is 5.73 Å². The molecule has 17 heavy (non-hydrogen) atoms. The van der Waals surface area contributed by atoms with Crippen molar-refractivity contribution in [1.29, 1.82) is 0 Å². The van der Waals surface area contributed by atoms with Crippen LogP contribution >= 0.6 is 0 Å². The molecule has 1 fully saturated rings. The molecule has 4 heteroatoms. The molecule has 0 spiro atoms. The van der Waals surface area contributed by atoms with Crippen LogP contribution in [0.15, 0.2) is 12.3 Å². The standard InChI is InChI=1S/C13H21N3O/c1-9(2)16-8-10(14)7-12(16)13(17)15(3)11-5-4-6-11/h7-9,11H,4-6,14H2,1-3H3.